The summed E-state index contributed by atoms with van der Waals surface area (Å²) in [4.78, 5) is 23.6. The summed E-state index contributed by atoms with van der Waals surface area (Å²) in [5.41, 5.74) is 3.98. The van der Waals surface area contributed by atoms with Gasteiger partial charge in [-0.2, -0.15) is 4.98 Å². The molecule has 1 aromatic carbocycles. The van der Waals surface area contributed by atoms with Crippen molar-refractivity contribution in [1.82, 2.24) is 24.5 Å². The molecule has 1 aliphatic rings. The number of carbonyl (C=O) groups is 1. The van der Waals surface area contributed by atoms with E-state index in [0.717, 1.165) is 29.1 Å². The third-order valence-electron chi connectivity index (χ3n) is 4.97. The highest BCUT2D eigenvalue weighted by molar-refractivity contribution is 5.91. The summed E-state index contributed by atoms with van der Waals surface area (Å²) in [6.45, 7) is 9.94. The fraction of sp³-hybridized carbons (Fsp3) is 0.429. The molecule has 8 heteroatoms. The van der Waals surface area contributed by atoms with E-state index in [9.17, 15) is 4.79 Å². The van der Waals surface area contributed by atoms with Crippen molar-refractivity contribution in [2.45, 2.75) is 40.7 Å². The second-order valence-corrected chi connectivity index (χ2v) is 7.10. The van der Waals surface area contributed by atoms with Crippen molar-refractivity contribution in [2.75, 3.05) is 19.8 Å². The molecule has 0 saturated carbocycles. The Kier molecular flexibility index (Phi) is 5.08. The average Bonchev–Trinajstić information content (AvgIpc) is 3.12. The Morgan fingerprint density at radius 2 is 1.72 bits per heavy atom. The smallest absolute Gasteiger partial charge is 0.293 e. The second kappa shape index (κ2) is 7.69. The summed E-state index contributed by atoms with van der Waals surface area (Å²) in [6, 6.07) is 5.93. The topological polar surface area (TPSA) is 81.9 Å². The summed E-state index contributed by atoms with van der Waals surface area (Å²) in [7, 11) is 0. The molecule has 3 heterocycles. The largest absolute Gasteiger partial charge is 0.490 e. The van der Waals surface area contributed by atoms with E-state index in [1.165, 1.54) is 5.56 Å². The van der Waals surface area contributed by atoms with Gasteiger partial charge in [0.15, 0.2) is 11.5 Å². The van der Waals surface area contributed by atoms with Crippen molar-refractivity contribution >= 4 is 11.7 Å². The lowest BCUT2D eigenvalue weighted by Gasteiger charge is -2.29. The highest BCUT2D eigenvalue weighted by Crippen LogP contribution is 2.34. The molecule has 0 saturated heterocycles. The number of fused-ring (bicyclic) bond motifs is 2. The summed E-state index contributed by atoms with van der Waals surface area (Å²) in [5.74, 6) is 1.90. The molecule has 0 spiro atoms. The molecule has 2 aromatic heterocycles. The van der Waals surface area contributed by atoms with E-state index in [1.54, 1.807) is 9.42 Å². The predicted octanol–water partition coefficient (Wildman–Crippen LogP) is 2.74. The standard InChI is InChI=1S/C21H25N5O3/c1-5-28-17-10-15-7-8-25(12-16(15)11-18(17)29-6-2)20(27)19-23-21-22-13(3)9-14(4)26(21)24-19/h9-11H,5-8,12H2,1-4H3. The molecule has 0 unspecified atom stereocenters. The molecular formula is C21H25N5O3. The van der Waals surface area contributed by atoms with E-state index >= 15 is 0 Å². The molecule has 0 atom stereocenters. The predicted molar refractivity (Wildman–Crippen MR) is 107 cm³/mol. The quantitative estimate of drug-likeness (QED) is 0.661. The zero-order valence-electron chi connectivity index (χ0n) is 17.2. The third-order valence-corrected chi connectivity index (χ3v) is 4.97. The van der Waals surface area contributed by atoms with E-state index in [2.05, 4.69) is 15.1 Å². The Hall–Kier alpha value is -3.16. The van der Waals surface area contributed by atoms with E-state index < -0.39 is 0 Å². The highest BCUT2D eigenvalue weighted by atomic mass is 16.5. The fourth-order valence-corrected chi connectivity index (χ4v) is 3.67. The maximum atomic E-state index is 13.1. The van der Waals surface area contributed by atoms with E-state index in [0.29, 0.717) is 37.8 Å². The first-order valence-electron chi connectivity index (χ1n) is 9.91. The third kappa shape index (κ3) is 3.62. The molecule has 4 rings (SSSR count). The van der Waals surface area contributed by atoms with Crippen LogP contribution < -0.4 is 9.47 Å². The van der Waals surface area contributed by atoms with Gasteiger partial charge in [-0.1, -0.05) is 0 Å². The van der Waals surface area contributed by atoms with Gasteiger partial charge in [-0.15, -0.1) is 5.10 Å². The van der Waals surface area contributed by atoms with Gasteiger partial charge in [0.25, 0.3) is 11.7 Å². The van der Waals surface area contributed by atoms with Crippen LogP contribution in [0.5, 0.6) is 11.5 Å². The lowest BCUT2D eigenvalue weighted by molar-refractivity contribution is 0.0722. The van der Waals surface area contributed by atoms with Crippen molar-refractivity contribution in [3.8, 4) is 11.5 Å². The van der Waals surface area contributed by atoms with Crippen LogP contribution in [0, 0.1) is 13.8 Å². The van der Waals surface area contributed by atoms with Crippen LogP contribution in [0.1, 0.15) is 47.0 Å². The first-order valence-corrected chi connectivity index (χ1v) is 9.91. The first-order chi connectivity index (χ1) is 14.0. The van der Waals surface area contributed by atoms with Crippen molar-refractivity contribution in [3.63, 3.8) is 0 Å². The number of aryl methyl sites for hydroxylation is 2. The second-order valence-electron chi connectivity index (χ2n) is 7.10. The van der Waals surface area contributed by atoms with E-state index in [1.807, 2.05) is 45.9 Å². The number of benzene rings is 1. The summed E-state index contributed by atoms with van der Waals surface area (Å²) < 4.78 is 13.1. The van der Waals surface area contributed by atoms with Crippen LogP contribution in [0.2, 0.25) is 0 Å². The van der Waals surface area contributed by atoms with Gasteiger partial charge in [0, 0.05) is 24.5 Å². The minimum Gasteiger partial charge on any atom is -0.490 e. The Bertz CT molecular complexity index is 1080. The summed E-state index contributed by atoms with van der Waals surface area (Å²) >= 11 is 0. The lowest BCUT2D eigenvalue weighted by Crippen LogP contribution is -2.36. The van der Waals surface area contributed by atoms with Crippen molar-refractivity contribution in [3.05, 3.63) is 46.5 Å². The molecule has 29 heavy (non-hydrogen) atoms. The van der Waals surface area contributed by atoms with Crippen molar-refractivity contribution < 1.29 is 14.3 Å². The Morgan fingerprint density at radius 1 is 1.03 bits per heavy atom. The fourth-order valence-electron chi connectivity index (χ4n) is 3.67. The number of ether oxygens (including phenoxy) is 2. The van der Waals surface area contributed by atoms with Crippen LogP contribution in [-0.2, 0) is 13.0 Å². The summed E-state index contributed by atoms with van der Waals surface area (Å²) in [6.07, 6.45) is 0.747. The Labute approximate surface area is 169 Å². The number of carbonyl (C=O) groups excluding carboxylic acids is 1. The van der Waals surface area contributed by atoms with Crippen LogP contribution in [0.3, 0.4) is 0 Å². The molecule has 0 fully saturated rings. The van der Waals surface area contributed by atoms with Crippen LogP contribution >= 0.6 is 0 Å². The lowest BCUT2D eigenvalue weighted by atomic mass is 9.98. The number of rotatable bonds is 5. The number of nitrogens with zero attached hydrogens (tertiary/aromatic N) is 5. The minimum atomic E-state index is -0.190. The first kappa shape index (κ1) is 19.2. The number of hydrogen-bond donors (Lipinski definition) is 0. The van der Waals surface area contributed by atoms with Crippen LogP contribution in [-0.4, -0.2) is 50.1 Å². The van der Waals surface area contributed by atoms with Crippen molar-refractivity contribution in [1.29, 1.82) is 0 Å². The van der Waals surface area contributed by atoms with Gasteiger partial charge >= 0.3 is 0 Å². The van der Waals surface area contributed by atoms with Gasteiger partial charge in [-0.05, 0) is 63.4 Å². The normalized spacial score (nSPS) is 13.4. The van der Waals surface area contributed by atoms with Crippen LogP contribution in [0.15, 0.2) is 18.2 Å². The number of aromatic nitrogens is 4. The monoisotopic (exact) mass is 395 g/mol. The van der Waals surface area contributed by atoms with Crippen LogP contribution in [0.25, 0.3) is 5.78 Å². The number of amides is 1. The molecule has 1 aliphatic heterocycles. The van der Waals surface area contributed by atoms with Gasteiger partial charge in [-0.25, -0.2) is 9.50 Å². The molecule has 3 aromatic rings. The molecular weight excluding hydrogens is 370 g/mol. The minimum absolute atomic E-state index is 0.172. The average molecular weight is 395 g/mol. The zero-order chi connectivity index (χ0) is 20.5. The molecule has 0 aliphatic carbocycles. The van der Waals surface area contributed by atoms with Gasteiger partial charge in [0.1, 0.15) is 0 Å². The SMILES string of the molecule is CCOc1cc2c(cc1OCC)CN(C(=O)c1nc3nc(C)cc(C)n3n1)CC2. The molecule has 0 radical (unpaired) electrons. The van der Waals surface area contributed by atoms with Gasteiger partial charge < -0.3 is 14.4 Å². The maximum absolute atomic E-state index is 13.1. The van der Waals surface area contributed by atoms with Crippen molar-refractivity contribution in [2.24, 2.45) is 0 Å². The Balaban J connectivity index is 1.61. The molecule has 0 bridgehead atoms. The maximum Gasteiger partial charge on any atom is 0.293 e. The van der Waals surface area contributed by atoms with Gasteiger partial charge in [-0.3, -0.25) is 4.79 Å². The molecule has 152 valence electrons. The van der Waals surface area contributed by atoms with E-state index in [-0.39, 0.29) is 11.7 Å². The Morgan fingerprint density at radius 3 is 2.41 bits per heavy atom. The van der Waals surface area contributed by atoms with Crippen LogP contribution in [0.4, 0.5) is 0 Å². The molecule has 0 N–H and O–H groups in total. The highest BCUT2D eigenvalue weighted by Gasteiger charge is 2.26. The van der Waals surface area contributed by atoms with Gasteiger partial charge in [0.2, 0.25) is 5.82 Å². The number of hydrogen-bond acceptors (Lipinski definition) is 6. The summed E-state index contributed by atoms with van der Waals surface area (Å²) in [5, 5.41) is 4.38. The van der Waals surface area contributed by atoms with E-state index in [4.69, 9.17) is 9.47 Å². The zero-order valence-corrected chi connectivity index (χ0v) is 17.2. The molecule has 1 amide bonds. The van der Waals surface area contributed by atoms with Gasteiger partial charge in [0.05, 0.1) is 13.2 Å². The molecule has 8 nitrogen and oxygen atoms in total.